The third-order valence-corrected chi connectivity index (χ3v) is 4.80. The molecule has 4 heteroatoms. The van der Waals surface area contributed by atoms with Gasteiger partial charge in [0.2, 0.25) is 0 Å². The van der Waals surface area contributed by atoms with Crippen LogP contribution in [0.1, 0.15) is 44.7 Å². The van der Waals surface area contributed by atoms with E-state index in [0.29, 0.717) is 6.54 Å². The first-order valence-electron chi connectivity index (χ1n) is 8.85. The molecule has 25 heavy (non-hydrogen) atoms. The number of nitrogens with zero attached hydrogens (tertiary/aromatic N) is 1. The minimum Gasteiger partial charge on any atom is -0.503 e. The average molecular weight is 337 g/mol. The maximum absolute atomic E-state index is 12.6. The van der Waals surface area contributed by atoms with E-state index in [-0.39, 0.29) is 23.5 Å². The maximum atomic E-state index is 12.6. The molecule has 0 bridgehead atoms. The van der Waals surface area contributed by atoms with Gasteiger partial charge in [0.1, 0.15) is 0 Å². The molecular weight excluding hydrogens is 314 g/mol. The zero-order valence-corrected chi connectivity index (χ0v) is 14.7. The van der Waals surface area contributed by atoms with Crippen molar-refractivity contribution < 1.29 is 14.7 Å². The van der Waals surface area contributed by atoms with Crippen molar-refractivity contribution in [3.63, 3.8) is 0 Å². The fourth-order valence-electron chi connectivity index (χ4n) is 3.50. The first kappa shape index (κ1) is 17.2. The van der Waals surface area contributed by atoms with Crippen LogP contribution < -0.4 is 0 Å². The Morgan fingerprint density at radius 2 is 1.84 bits per heavy atom. The molecule has 1 amide bonds. The van der Waals surface area contributed by atoms with Crippen LogP contribution in [0, 0.1) is 0 Å². The van der Waals surface area contributed by atoms with Gasteiger partial charge in [-0.2, -0.15) is 0 Å². The largest absolute Gasteiger partial charge is 0.503 e. The lowest BCUT2D eigenvalue weighted by Gasteiger charge is -2.27. The molecule has 2 aromatic carbocycles. The predicted molar refractivity (Wildman–Crippen MR) is 98.3 cm³/mol. The lowest BCUT2D eigenvalue weighted by atomic mass is 9.91. The Balaban J connectivity index is 2.19. The molecule has 0 radical (unpaired) electrons. The van der Waals surface area contributed by atoms with Crippen molar-refractivity contribution in [2.75, 3.05) is 6.54 Å². The van der Waals surface area contributed by atoms with Crippen LogP contribution in [0.4, 0.5) is 0 Å². The first-order valence-corrected chi connectivity index (χ1v) is 8.85. The van der Waals surface area contributed by atoms with Crippen LogP contribution in [0.25, 0.3) is 10.8 Å². The molecule has 0 saturated heterocycles. The molecule has 0 saturated carbocycles. The molecule has 1 aliphatic heterocycles. The topological polar surface area (TPSA) is 57.6 Å². The fraction of sp³-hybridized carbons (Fsp3) is 0.333. The molecule has 2 aromatic rings. The minimum absolute atomic E-state index is 0.178. The molecule has 0 aromatic heterocycles. The maximum Gasteiger partial charge on any atom is 0.290 e. The van der Waals surface area contributed by atoms with Gasteiger partial charge in [0, 0.05) is 13.0 Å². The van der Waals surface area contributed by atoms with E-state index in [1.165, 1.54) is 0 Å². The number of Topliss-reactive ketones (excluding diaryl/α,β-unsaturated/α-hetero) is 1. The SMILES string of the molecule is CCCCN1C(=O)C(O)=C(C(=O)CC)C1c1cccc2ccccc12. The Morgan fingerprint density at radius 3 is 2.56 bits per heavy atom. The highest BCUT2D eigenvalue weighted by atomic mass is 16.3. The highest BCUT2D eigenvalue weighted by Crippen LogP contribution is 2.40. The molecule has 0 aliphatic carbocycles. The van der Waals surface area contributed by atoms with Gasteiger partial charge in [-0.1, -0.05) is 62.7 Å². The van der Waals surface area contributed by atoms with Crippen molar-refractivity contribution in [2.45, 2.75) is 39.2 Å². The number of carbonyl (C=O) groups excluding carboxylic acids is 2. The van der Waals surface area contributed by atoms with E-state index in [2.05, 4.69) is 6.92 Å². The van der Waals surface area contributed by atoms with Gasteiger partial charge in [0.05, 0.1) is 11.6 Å². The van der Waals surface area contributed by atoms with Gasteiger partial charge in [-0.15, -0.1) is 0 Å². The fourth-order valence-corrected chi connectivity index (χ4v) is 3.50. The van der Waals surface area contributed by atoms with Crippen LogP contribution >= 0.6 is 0 Å². The molecule has 3 rings (SSSR count). The number of benzene rings is 2. The number of hydrogen-bond acceptors (Lipinski definition) is 3. The Hall–Kier alpha value is -2.62. The Labute approximate surface area is 147 Å². The Morgan fingerprint density at radius 1 is 1.12 bits per heavy atom. The van der Waals surface area contributed by atoms with E-state index in [1.807, 2.05) is 42.5 Å². The molecule has 0 spiro atoms. The van der Waals surface area contributed by atoms with Gasteiger partial charge >= 0.3 is 0 Å². The van der Waals surface area contributed by atoms with Crippen LogP contribution in [0.5, 0.6) is 0 Å². The number of unbranched alkanes of at least 4 members (excludes halogenated alkanes) is 1. The number of amides is 1. The van der Waals surface area contributed by atoms with E-state index >= 15 is 0 Å². The van der Waals surface area contributed by atoms with Crippen LogP contribution in [0.2, 0.25) is 0 Å². The molecule has 1 aliphatic rings. The number of carbonyl (C=O) groups is 2. The molecule has 4 nitrogen and oxygen atoms in total. The van der Waals surface area contributed by atoms with E-state index in [1.54, 1.807) is 11.8 Å². The summed E-state index contributed by atoms with van der Waals surface area (Å²) in [6.07, 6.45) is 2.02. The second-order valence-electron chi connectivity index (χ2n) is 6.36. The van der Waals surface area contributed by atoms with Crippen molar-refractivity contribution in [3.05, 3.63) is 59.4 Å². The van der Waals surface area contributed by atoms with Gasteiger partial charge in [0.15, 0.2) is 11.5 Å². The molecule has 1 unspecified atom stereocenters. The summed E-state index contributed by atoms with van der Waals surface area (Å²) in [6, 6.07) is 13.3. The normalized spacial score (nSPS) is 17.6. The Kier molecular flexibility index (Phi) is 4.88. The average Bonchev–Trinajstić information content (AvgIpc) is 2.89. The number of aliphatic hydroxyl groups excluding tert-OH is 1. The standard InChI is InChI=1S/C21H23NO3/c1-3-5-13-22-19(18(17(23)4-2)20(24)21(22)25)16-12-8-10-14-9-6-7-11-15(14)16/h6-12,19,24H,3-5,13H2,1-2H3. The molecule has 1 heterocycles. The van der Waals surface area contributed by atoms with E-state index in [9.17, 15) is 14.7 Å². The number of hydrogen-bond donors (Lipinski definition) is 1. The van der Waals surface area contributed by atoms with Crippen LogP contribution in [0.3, 0.4) is 0 Å². The molecule has 1 atom stereocenters. The Bertz CT molecular complexity index is 848. The monoisotopic (exact) mass is 337 g/mol. The molecular formula is C21H23NO3. The van der Waals surface area contributed by atoms with Crippen molar-refractivity contribution >= 4 is 22.5 Å². The van der Waals surface area contributed by atoms with Crippen molar-refractivity contribution in [1.29, 1.82) is 0 Å². The summed E-state index contributed by atoms with van der Waals surface area (Å²) in [7, 11) is 0. The molecule has 130 valence electrons. The van der Waals surface area contributed by atoms with Gasteiger partial charge in [-0.05, 0) is 22.8 Å². The quantitative estimate of drug-likeness (QED) is 0.854. The van der Waals surface area contributed by atoms with Gasteiger partial charge in [-0.25, -0.2) is 0 Å². The predicted octanol–water partition coefficient (Wildman–Crippen LogP) is 4.31. The zero-order chi connectivity index (χ0) is 18.0. The van der Waals surface area contributed by atoms with Crippen LogP contribution in [-0.4, -0.2) is 28.2 Å². The molecule has 0 fully saturated rings. The highest BCUT2D eigenvalue weighted by molar-refractivity contribution is 6.09. The third-order valence-electron chi connectivity index (χ3n) is 4.80. The van der Waals surface area contributed by atoms with Gasteiger partial charge in [-0.3, -0.25) is 9.59 Å². The van der Waals surface area contributed by atoms with Gasteiger partial charge < -0.3 is 10.0 Å². The first-order chi connectivity index (χ1) is 12.1. The van der Waals surface area contributed by atoms with Crippen molar-refractivity contribution in [2.24, 2.45) is 0 Å². The summed E-state index contributed by atoms with van der Waals surface area (Å²) >= 11 is 0. The van der Waals surface area contributed by atoms with E-state index in [0.717, 1.165) is 29.2 Å². The number of aliphatic hydroxyl groups is 1. The number of fused-ring (bicyclic) bond motifs is 1. The van der Waals surface area contributed by atoms with Crippen LogP contribution in [-0.2, 0) is 9.59 Å². The lowest BCUT2D eigenvalue weighted by Crippen LogP contribution is -2.32. The second-order valence-corrected chi connectivity index (χ2v) is 6.36. The number of rotatable bonds is 6. The third kappa shape index (κ3) is 2.93. The summed E-state index contributed by atoms with van der Waals surface area (Å²) < 4.78 is 0. The van der Waals surface area contributed by atoms with E-state index in [4.69, 9.17) is 0 Å². The smallest absolute Gasteiger partial charge is 0.290 e. The molecule has 1 N–H and O–H groups in total. The number of ketones is 1. The summed E-state index contributed by atoms with van der Waals surface area (Å²) in [5, 5.41) is 12.5. The summed E-state index contributed by atoms with van der Waals surface area (Å²) in [5.74, 6) is -1.01. The van der Waals surface area contributed by atoms with Crippen molar-refractivity contribution in [1.82, 2.24) is 4.90 Å². The summed E-state index contributed by atoms with van der Waals surface area (Å²) in [4.78, 5) is 26.8. The summed E-state index contributed by atoms with van der Waals surface area (Å²) in [6.45, 7) is 4.33. The van der Waals surface area contributed by atoms with E-state index < -0.39 is 11.9 Å². The highest BCUT2D eigenvalue weighted by Gasteiger charge is 2.42. The second kappa shape index (κ2) is 7.09. The zero-order valence-electron chi connectivity index (χ0n) is 14.7. The van der Waals surface area contributed by atoms with Crippen LogP contribution in [0.15, 0.2) is 53.8 Å². The lowest BCUT2D eigenvalue weighted by molar-refractivity contribution is -0.129. The minimum atomic E-state index is -0.516. The van der Waals surface area contributed by atoms with Gasteiger partial charge in [0.25, 0.3) is 5.91 Å². The van der Waals surface area contributed by atoms with Crippen molar-refractivity contribution in [3.8, 4) is 0 Å². The summed E-state index contributed by atoms with van der Waals surface area (Å²) in [5.41, 5.74) is 1.13.